The van der Waals surface area contributed by atoms with Crippen LogP contribution in [0.5, 0.6) is 23.0 Å². The van der Waals surface area contributed by atoms with Crippen LogP contribution in [0.3, 0.4) is 0 Å². The van der Waals surface area contributed by atoms with Gasteiger partial charge < -0.3 is 28.9 Å². The van der Waals surface area contributed by atoms with E-state index in [1.165, 1.54) is 45.0 Å². The molecule has 0 aliphatic carbocycles. The van der Waals surface area contributed by atoms with Crippen molar-refractivity contribution in [1.82, 2.24) is 9.97 Å². The molecule has 0 bridgehead atoms. The predicted molar refractivity (Wildman–Crippen MR) is 139 cm³/mol. The summed E-state index contributed by atoms with van der Waals surface area (Å²) < 4.78 is 36.9. The van der Waals surface area contributed by atoms with Gasteiger partial charge in [-0.1, -0.05) is 0 Å². The third-order valence-electron chi connectivity index (χ3n) is 5.91. The van der Waals surface area contributed by atoms with Crippen LogP contribution in [0.2, 0.25) is 0 Å². The Balaban J connectivity index is 1.40. The number of aryl methyl sites for hydroxylation is 1. The number of nitrogens with zero attached hydrogens (tertiary/aromatic N) is 1. The molecular formula is C28H22FN3O6. The zero-order valence-corrected chi connectivity index (χ0v) is 20.6. The Hall–Kier alpha value is -5.12. The van der Waals surface area contributed by atoms with Crippen LogP contribution in [-0.4, -0.2) is 30.1 Å². The maximum absolute atomic E-state index is 15.0. The number of amides is 1. The summed E-state index contributed by atoms with van der Waals surface area (Å²) in [6.07, 6.45) is 4.28. The first-order chi connectivity index (χ1) is 18.4. The van der Waals surface area contributed by atoms with Crippen LogP contribution in [0.15, 0.2) is 76.4 Å². The minimum atomic E-state index is -0.720. The number of H-pyrrole nitrogens is 1. The van der Waals surface area contributed by atoms with Gasteiger partial charge in [0.25, 0.3) is 5.91 Å². The highest BCUT2D eigenvalue weighted by atomic mass is 19.1. The Kier molecular flexibility index (Phi) is 6.53. The van der Waals surface area contributed by atoms with Crippen molar-refractivity contribution in [1.29, 1.82) is 0 Å². The molecular weight excluding hydrogens is 493 g/mol. The second-order valence-electron chi connectivity index (χ2n) is 8.24. The number of aromatic amines is 1. The summed E-state index contributed by atoms with van der Waals surface area (Å²) >= 11 is 0. The number of rotatable bonds is 7. The molecule has 3 aromatic heterocycles. The number of furan rings is 1. The van der Waals surface area contributed by atoms with Crippen molar-refractivity contribution in [3.8, 4) is 34.3 Å². The summed E-state index contributed by atoms with van der Waals surface area (Å²) in [5.41, 5.74) is 0.860. The Labute approximate surface area is 215 Å². The van der Waals surface area contributed by atoms with E-state index in [-0.39, 0.29) is 22.6 Å². The Morgan fingerprint density at radius 1 is 1.03 bits per heavy atom. The van der Waals surface area contributed by atoms with Crippen molar-refractivity contribution in [2.24, 2.45) is 0 Å². The van der Waals surface area contributed by atoms with E-state index >= 15 is 4.39 Å². The quantitative estimate of drug-likeness (QED) is 0.286. The zero-order valence-electron chi connectivity index (χ0n) is 20.6. The lowest BCUT2D eigenvalue weighted by Gasteiger charge is -2.13. The summed E-state index contributed by atoms with van der Waals surface area (Å²) in [4.78, 5) is 33.1. The number of ether oxygens (including phenoxy) is 3. The monoisotopic (exact) mass is 515 g/mol. The van der Waals surface area contributed by atoms with Crippen molar-refractivity contribution < 1.29 is 27.8 Å². The number of fused-ring (bicyclic) bond motifs is 1. The molecule has 3 heterocycles. The van der Waals surface area contributed by atoms with Crippen LogP contribution in [0.25, 0.3) is 22.2 Å². The molecule has 10 heteroatoms. The Morgan fingerprint density at radius 2 is 1.82 bits per heavy atom. The molecule has 1 amide bonds. The number of benzene rings is 2. The number of hydrogen-bond donors (Lipinski definition) is 2. The third kappa shape index (κ3) is 4.55. The summed E-state index contributed by atoms with van der Waals surface area (Å²) in [6.45, 7) is 1.70. The van der Waals surface area contributed by atoms with E-state index in [0.29, 0.717) is 39.6 Å². The van der Waals surface area contributed by atoms with E-state index in [2.05, 4.69) is 15.3 Å². The molecule has 0 aliphatic heterocycles. The lowest BCUT2D eigenvalue weighted by atomic mass is 10.1. The minimum Gasteiger partial charge on any atom is -0.493 e. The molecule has 38 heavy (non-hydrogen) atoms. The molecule has 0 unspecified atom stereocenters. The second kappa shape index (κ2) is 10.1. The Bertz CT molecular complexity index is 1710. The molecule has 0 radical (unpaired) electrons. The molecule has 9 nitrogen and oxygen atoms in total. The SMILES string of the molecule is COc1cc2nccc(Oc3ccc(NC(=O)c4c[nH]c(C)c(-c5ccco5)c4=O)cc3F)c2cc1OC. The summed E-state index contributed by atoms with van der Waals surface area (Å²) in [5.74, 6) is 0.167. The van der Waals surface area contributed by atoms with Crippen molar-refractivity contribution in [3.63, 3.8) is 0 Å². The van der Waals surface area contributed by atoms with Crippen molar-refractivity contribution in [2.45, 2.75) is 6.92 Å². The Morgan fingerprint density at radius 3 is 2.53 bits per heavy atom. The van der Waals surface area contributed by atoms with E-state index in [1.54, 1.807) is 37.3 Å². The summed E-state index contributed by atoms with van der Waals surface area (Å²) in [6, 6.07) is 12.2. The molecule has 2 N–H and O–H groups in total. The first kappa shape index (κ1) is 24.6. The van der Waals surface area contributed by atoms with Crippen molar-refractivity contribution in [3.05, 3.63) is 94.5 Å². The second-order valence-corrected chi connectivity index (χ2v) is 8.24. The van der Waals surface area contributed by atoms with Gasteiger partial charge in [0.1, 0.15) is 17.1 Å². The molecule has 5 aromatic rings. The zero-order chi connectivity index (χ0) is 26.8. The predicted octanol–water partition coefficient (Wildman–Crippen LogP) is 5.69. The molecule has 0 saturated heterocycles. The van der Waals surface area contributed by atoms with Gasteiger partial charge in [-0.15, -0.1) is 0 Å². The summed E-state index contributed by atoms with van der Waals surface area (Å²) in [7, 11) is 3.03. The van der Waals surface area contributed by atoms with Gasteiger partial charge in [-0.05, 0) is 43.3 Å². The third-order valence-corrected chi connectivity index (χ3v) is 5.91. The van der Waals surface area contributed by atoms with Gasteiger partial charge in [-0.25, -0.2) is 4.39 Å². The fourth-order valence-corrected chi connectivity index (χ4v) is 4.02. The van der Waals surface area contributed by atoms with Crippen LogP contribution in [-0.2, 0) is 0 Å². The van der Waals surface area contributed by atoms with E-state index in [9.17, 15) is 9.59 Å². The lowest BCUT2D eigenvalue weighted by Crippen LogP contribution is -2.23. The number of methoxy groups -OCH3 is 2. The van der Waals surface area contributed by atoms with E-state index in [0.717, 1.165) is 6.07 Å². The van der Waals surface area contributed by atoms with Crippen LogP contribution < -0.4 is 25.0 Å². The lowest BCUT2D eigenvalue weighted by molar-refractivity contribution is 0.102. The maximum Gasteiger partial charge on any atom is 0.261 e. The van der Waals surface area contributed by atoms with Gasteiger partial charge in [0.2, 0.25) is 5.43 Å². The largest absolute Gasteiger partial charge is 0.493 e. The van der Waals surface area contributed by atoms with Crippen molar-refractivity contribution >= 4 is 22.5 Å². The normalized spacial score (nSPS) is 10.8. The van der Waals surface area contributed by atoms with Crippen LogP contribution in [0, 0.1) is 12.7 Å². The highest BCUT2D eigenvalue weighted by Gasteiger charge is 2.19. The standard InChI is InChI=1S/C28H22FN3O6/c1-15-26(23-5-4-10-37-23)27(33)18(14-31-15)28(34)32-16-6-7-22(19(29)11-16)38-21-8-9-30-20-13-25(36-3)24(35-2)12-17(20)21/h4-14H,1-3H3,(H,31,33)(H,32,34). The van der Waals surface area contributed by atoms with E-state index in [4.69, 9.17) is 18.6 Å². The molecule has 0 atom stereocenters. The number of carbonyl (C=O) groups excluding carboxylic acids is 1. The molecule has 0 saturated carbocycles. The highest BCUT2D eigenvalue weighted by Crippen LogP contribution is 2.37. The van der Waals surface area contributed by atoms with Gasteiger partial charge in [-0.3, -0.25) is 14.6 Å². The first-order valence-corrected chi connectivity index (χ1v) is 11.4. The average Bonchev–Trinajstić information content (AvgIpc) is 3.44. The molecule has 2 aromatic carbocycles. The average molecular weight is 515 g/mol. The van der Waals surface area contributed by atoms with E-state index < -0.39 is 17.2 Å². The molecule has 0 fully saturated rings. The molecule has 0 aliphatic rings. The van der Waals surface area contributed by atoms with Gasteiger partial charge in [0.05, 0.1) is 31.6 Å². The van der Waals surface area contributed by atoms with E-state index in [1.807, 2.05) is 0 Å². The maximum atomic E-state index is 15.0. The van der Waals surface area contributed by atoms with Gasteiger partial charge in [-0.2, -0.15) is 0 Å². The molecule has 0 spiro atoms. The number of aromatic nitrogens is 2. The van der Waals surface area contributed by atoms with Gasteiger partial charge in [0, 0.05) is 41.3 Å². The van der Waals surface area contributed by atoms with Crippen LogP contribution in [0.4, 0.5) is 10.1 Å². The first-order valence-electron chi connectivity index (χ1n) is 11.4. The number of anilines is 1. The molecule has 192 valence electrons. The summed E-state index contributed by atoms with van der Waals surface area (Å²) in [5, 5.41) is 3.15. The van der Waals surface area contributed by atoms with Gasteiger partial charge >= 0.3 is 0 Å². The number of carbonyl (C=O) groups is 1. The van der Waals surface area contributed by atoms with Crippen LogP contribution in [0.1, 0.15) is 16.1 Å². The fourth-order valence-electron chi connectivity index (χ4n) is 4.02. The molecule has 5 rings (SSSR count). The van der Waals surface area contributed by atoms with Crippen LogP contribution >= 0.6 is 0 Å². The number of nitrogens with one attached hydrogen (secondary N) is 2. The van der Waals surface area contributed by atoms with Crippen molar-refractivity contribution in [2.75, 3.05) is 19.5 Å². The smallest absolute Gasteiger partial charge is 0.261 e. The number of pyridine rings is 2. The highest BCUT2D eigenvalue weighted by molar-refractivity contribution is 6.04. The fraction of sp³-hybridized carbons (Fsp3) is 0.107. The topological polar surface area (TPSA) is 116 Å². The van der Waals surface area contributed by atoms with Gasteiger partial charge in [0.15, 0.2) is 23.1 Å². The number of hydrogen-bond acceptors (Lipinski definition) is 7. The number of halogens is 1. The minimum absolute atomic E-state index is 0.0708.